The maximum Gasteiger partial charge on any atom is 0.255 e. The molecular weight excluding hydrogens is 467 g/mol. The van der Waals surface area contributed by atoms with Crippen molar-refractivity contribution in [3.8, 4) is 39.3 Å². The summed E-state index contributed by atoms with van der Waals surface area (Å²) >= 11 is 6.12. The second-order valence-electron chi connectivity index (χ2n) is 7.80. The Kier molecular flexibility index (Phi) is 6.08. The van der Waals surface area contributed by atoms with Crippen molar-refractivity contribution in [1.29, 1.82) is 0 Å². The van der Waals surface area contributed by atoms with Gasteiger partial charge in [0.2, 0.25) is 0 Å². The van der Waals surface area contributed by atoms with Crippen molar-refractivity contribution in [3.05, 3.63) is 96.2 Å². The highest BCUT2D eigenvalue weighted by Gasteiger charge is 2.14. The molecule has 6 nitrogen and oxygen atoms in total. The number of ether oxygens (including phenoxy) is 1. The third-order valence-corrected chi connectivity index (χ3v) is 5.64. The summed E-state index contributed by atoms with van der Waals surface area (Å²) in [6, 6.07) is 19.2. The van der Waals surface area contributed by atoms with E-state index in [1.54, 1.807) is 36.8 Å². The zero-order valence-corrected chi connectivity index (χ0v) is 19.0. The van der Waals surface area contributed by atoms with Crippen LogP contribution in [0.2, 0.25) is 5.02 Å². The minimum absolute atomic E-state index is 0.185. The van der Waals surface area contributed by atoms with Gasteiger partial charge in [-0.3, -0.25) is 9.78 Å². The number of fused-ring (bicyclic) bond motifs is 1. The molecule has 0 saturated carbocycles. The number of nitrogens with two attached hydrogens (primary N) is 1. The number of carbonyl (C=O) groups is 1. The number of carbonyl (C=O) groups excluding carboxylic acids is 1. The average Bonchev–Trinajstić information content (AvgIpc) is 2.88. The molecule has 2 aromatic carbocycles. The fraction of sp³-hybridized carbons (Fsp3) is 0.0370. The van der Waals surface area contributed by atoms with E-state index in [-0.39, 0.29) is 6.61 Å². The minimum Gasteiger partial charge on any atom is -0.484 e. The van der Waals surface area contributed by atoms with E-state index in [0.29, 0.717) is 27.7 Å². The molecule has 0 bridgehead atoms. The Labute approximate surface area is 205 Å². The Bertz CT molecular complexity index is 1560. The van der Waals surface area contributed by atoms with Crippen molar-refractivity contribution in [2.45, 2.75) is 0 Å². The fourth-order valence-corrected chi connectivity index (χ4v) is 3.94. The molecule has 0 atom stereocenters. The van der Waals surface area contributed by atoms with Crippen molar-refractivity contribution in [3.63, 3.8) is 0 Å². The van der Waals surface area contributed by atoms with Crippen LogP contribution >= 0.6 is 11.6 Å². The number of halogens is 2. The highest BCUT2D eigenvalue weighted by Crippen LogP contribution is 2.34. The second-order valence-corrected chi connectivity index (χ2v) is 8.23. The molecule has 0 aliphatic rings. The lowest BCUT2D eigenvalue weighted by atomic mass is 9.98. The molecule has 172 valence electrons. The first-order valence-electron chi connectivity index (χ1n) is 10.7. The van der Waals surface area contributed by atoms with Gasteiger partial charge in [0, 0.05) is 45.7 Å². The smallest absolute Gasteiger partial charge is 0.255 e. The van der Waals surface area contributed by atoms with Crippen LogP contribution in [0.4, 0.5) is 4.39 Å². The first-order valence-corrected chi connectivity index (χ1v) is 11.0. The maximum atomic E-state index is 14.6. The highest BCUT2D eigenvalue weighted by molar-refractivity contribution is 6.30. The number of rotatable bonds is 6. The van der Waals surface area contributed by atoms with E-state index in [4.69, 9.17) is 22.1 Å². The van der Waals surface area contributed by atoms with E-state index < -0.39 is 11.7 Å². The Morgan fingerprint density at radius 2 is 1.74 bits per heavy atom. The third kappa shape index (κ3) is 4.81. The summed E-state index contributed by atoms with van der Waals surface area (Å²) < 4.78 is 20.0. The molecule has 5 aromatic rings. The largest absolute Gasteiger partial charge is 0.484 e. The molecule has 3 aromatic heterocycles. The summed E-state index contributed by atoms with van der Waals surface area (Å²) in [6.45, 7) is -0.185. The predicted octanol–water partition coefficient (Wildman–Crippen LogP) is 5.68. The van der Waals surface area contributed by atoms with Crippen LogP contribution in [0.3, 0.4) is 0 Å². The first kappa shape index (κ1) is 22.4. The van der Waals surface area contributed by atoms with Crippen LogP contribution < -0.4 is 10.5 Å². The normalized spacial score (nSPS) is 10.9. The highest BCUT2D eigenvalue weighted by atomic mass is 35.5. The lowest BCUT2D eigenvalue weighted by Gasteiger charge is -2.12. The Balaban J connectivity index is 1.59. The van der Waals surface area contributed by atoms with Gasteiger partial charge in [0.25, 0.3) is 5.91 Å². The standard InChI is InChI=1S/C27H18ClFN4O2/c28-19-5-8-24(29)23(11-19)25-12-22(21-2-1-9-32-27(21)33-25)18-10-17(13-31-14-18)16-3-6-20(7-4-16)35-15-26(30)34/h1-14H,15H2,(H2,30,34). The quantitative estimate of drug-likeness (QED) is 0.334. The van der Waals surface area contributed by atoms with Gasteiger partial charge in [-0.05, 0) is 65.7 Å². The van der Waals surface area contributed by atoms with Gasteiger partial charge in [0.05, 0.1) is 5.69 Å². The summed E-state index contributed by atoms with van der Waals surface area (Å²) in [4.78, 5) is 24.3. The number of hydrogen-bond donors (Lipinski definition) is 1. The van der Waals surface area contributed by atoms with Crippen molar-refractivity contribution >= 4 is 28.5 Å². The first-order chi connectivity index (χ1) is 17.0. The van der Waals surface area contributed by atoms with Crippen LogP contribution in [0, 0.1) is 5.82 Å². The molecule has 0 aliphatic carbocycles. The zero-order valence-electron chi connectivity index (χ0n) is 18.3. The van der Waals surface area contributed by atoms with Gasteiger partial charge in [0.15, 0.2) is 12.3 Å². The summed E-state index contributed by atoms with van der Waals surface area (Å²) in [5, 5.41) is 1.23. The molecule has 2 N–H and O–H groups in total. The molecule has 0 fully saturated rings. The predicted molar refractivity (Wildman–Crippen MR) is 133 cm³/mol. The summed E-state index contributed by atoms with van der Waals surface area (Å²) in [5.74, 6) is -0.424. The Hall–Kier alpha value is -4.36. The monoisotopic (exact) mass is 484 g/mol. The number of aromatic nitrogens is 3. The van der Waals surface area contributed by atoms with E-state index in [1.807, 2.05) is 36.4 Å². The number of benzene rings is 2. The molecule has 0 aliphatic heterocycles. The minimum atomic E-state index is -0.540. The molecule has 1 amide bonds. The van der Waals surface area contributed by atoms with Crippen LogP contribution in [0.25, 0.3) is 44.5 Å². The SMILES string of the molecule is NC(=O)COc1ccc(-c2cncc(-c3cc(-c4cc(Cl)ccc4F)nc4ncccc34)c2)cc1. The lowest BCUT2D eigenvalue weighted by Crippen LogP contribution is -2.19. The Morgan fingerprint density at radius 1 is 0.943 bits per heavy atom. The van der Waals surface area contributed by atoms with Gasteiger partial charge < -0.3 is 10.5 Å². The van der Waals surface area contributed by atoms with Gasteiger partial charge in [-0.2, -0.15) is 0 Å². The number of pyridine rings is 3. The lowest BCUT2D eigenvalue weighted by molar-refractivity contribution is -0.119. The van der Waals surface area contributed by atoms with Gasteiger partial charge in [0.1, 0.15) is 11.6 Å². The van der Waals surface area contributed by atoms with Gasteiger partial charge in [-0.1, -0.05) is 23.7 Å². The number of primary amides is 1. The van der Waals surface area contributed by atoms with Crippen molar-refractivity contribution in [2.75, 3.05) is 6.61 Å². The number of amides is 1. The molecular formula is C27H18ClFN4O2. The van der Waals surface area contributed by atoms with Crippen molar-refractivity contribution in [2.24, 2.45) is 5.73 Å². The number of hydrogen-bond acceptors (Lipinski definition) is 5. The maximum absolute atomic E-state index is 14.6. The van der Waals surface area contributed by atoms with E-state index in [1.165, 1.54) is 12.1 Å². The molecule has 0 saturated heterocycles. The average molecular weight is 485 g/mol. The van der Waals surface area contributed by atoms with Crippen LogP contribution in [0.1, 0.15) is 0 Å². The van der Waals surface area contributed by atoms with Gasteiger partial charge >= 0.3 is 0 Å². The van der Waals surface area contributed by atoms with Crippen LogP contribution in [-0.4, -0.2) is 27.5 Å². The van der Waals surface area contributed by atoms with Crippen LogP contribution in [0.5, 0.6) is 5.75 Å². The molecule has 0 unspecified atom stereocenters. The van der Waals surface area contributed by atoms with Crippen molar-refractivity contribution < 1.29 is 13.9 Å². The summed E-state index contributed by atoms with van der Waals surface area (Å²) in [6.07, 6.45) is 5.14. The number of nitrogens with zero attached hydrogens (tertiary/aromatic N) is 3. The van der Waals surface area contributed by atoms with E-state index in [2.05, 4.69) is 15.0 Å². The summed E-state index contributed by atoms with van der Waals surface area (Å²) in [7, 11) is 0. The van der Waals surface area contributed by atoms with Crippen LogP contribution in [0.15, 0.2) is 85.3 Å². The fourth-order valence-electron chi connectivity index (χ4n) is 3.77. The third-order valence-electron chi connectivity index (χ3n) is 5.41. The molecule has 35 heavy (non-hydrogen) atoms. The molecule has 0 radical (unpaired) electrons. The Morgan fingerprint density at radius 3 is 2.54 bits per heavy atom. The van der Waals surface area contributed by atoms with E-state index >= 15 is 0 Å². The zero-order chi connectivity index (χ0) is 24.4. The topological polar surface area (TPSA) is 91.0 Å². The second kappa shape index (κ2) is 9.48. The van der Waals surface area contributed by atoms with Gasteiger partial charge in [-0.25, -0.2) is 14.4 Å². The van der Waals surface area contributed by atoms with Crippen LogP contribution in [-0.2, 0) is 4.79 Å². The molecule has 8 heteroatoms. The molecule has 3 heterocycles. The van der Waals surface area contributed by atoms with Gasteiger partial charge in [-0.15, -0.1) is 0 Å². The molecule has 0 spiro atoms. The van der Waals surface area contributed by atoms with E-state index in [9.17, 15) is 9.18 Å². The molecule has 5 rings (SSSR count). The van der Waals surface area contributed by atoms with Crippen molar-refractivity contribution in [1.82, 2.24) is 15.0 Å². The summed E-state index contributed by atoms with van der Waals surface area (Å²) in [5.41, 5.74) is 9.74. The van der Waals surface area contributed by atoms with E-state index in [0.717, 1.165) is 27.6 Å².